The van der Waals surface area contributed by atoms with Crippen LogP contribution >= 0.6 is 11.6 Å². The fourth-order valence-corrected chi connectivity index (χ4v) is 3.68. The maximum absolute atomic E-state index is 13.5. The first-order valence-corrected chi connectivity index (χ1v) is 9.95. The van der Waals surface area contributed by atoms with Gasteiger partial charge in [-0.3, -0.25) is 4.57 Å². The van der Waals surface area contributed by atoms with E-state index in [9.17, 15) is 4.79 Å². The lowest BCUT2D eigenvalue weighted by Gasteiger charge is -2.10. The van der Waals surface area contributed by atoms with Crippen molar-refractivity contribution < 1.29 is 0 Å². The Bertz CT molecular complexity index is 1140. The van der Waals surface area contributed by atoms with Crippen molar-refractivity contribution in [1.82, 2.24) is 9.13 Å². The van der Waals surface area contributed by atoms with E-state index in [1.807, 2.05) is 37.5 Å². The van der Waals surface area contributed by atoms with Crippen LogP contribution in [0.25, 0.3) is 11.4 Å². The Labute approximate surface area is 174 Å². The summed E-state index contributed by atoms with van der Waals surface area (Å²) in [4.78, 5) is 18.2. The highest BCUT2D eigenvalue weighted by Crippen LogP contribution is 2.30. The normalized spacial score (nSPS) is 15.8. The van der Waals surface area contributed by atoms with Crippen LogP contribution in [0.1, 0.15) is 25.5 Å². The minimum Gasteiger partial charge on any atom is -0.388 e. The maximum atomic E-state index is 13.5. The van der Waals surface area contributed by atoms with Crippen molar-refractivity contribution in [3.05, 3.63) is 69.7 Å². The van der Waals surface area contributed by atoms with E-state index in [1.165, 1.54) is 0 Å². The number of benzene rings is 2. The molecular weight excluding hydrogens is 386 g/mol. The van der Waals surface area contributed by atoms with Crippen LogP contribution in [0.2, 0.25) is 5.02 Å². The second kappa shape index (κ2) is 7.72. The van der Waals surface area contributed by atoms with E-state index in [-0.39, 0.29) is 11.6 Å². The van der Waals surface area contributed by atoms with Crippen LogP contribution in [-0.4, -0.2) is 28.1 Å². The van der Waals surface area contributed by atoms with Gasteiger partial charge in [0.05, 0.1) is 17.1 Å². The molecule has 2 aromatic carbocycles. The molecule has 6 nitrogen and oxygen atoms in total. The highest BCUT2D eigenvalue weighted by atomic mass is 35.5. The highest BCUT2D eigenvalue weighted by Gasteiger charge is 2.27. The van der Waals surface area contributed by atoms with Crippen LogP contribution in [-0.2, 0) is 0 Å². The van der Waals surface area contributed by atoms with Gasteiger partial charge in [0, 0.05) is 24.0 Å². The fourth-order valence-electron chi connectivity index (χ4n) is 3.56. The molecule has 1 atom stereocenters. The fraction of sp³-hybridized carbons (Fsp3) is 0.227. The third-order valence-electron chi connectivity index (χ3n) is 5.21. The highest BCUT2D eigenvalue weighted by molar-refractivity contribution is 6.30. The van der Waals surface area contributed by atoms with Gasteiger partial charge in [0.2, 0.25) is 0 Å². The van der Waals surface area contributed by atoms with Gasteiger partial charge in [-0.25, -0.2) is 14.4 Å². The predicted octanol–water partition coefficient (Wildman–Crippen LogP) is 4.82. The molecule has 4 rings (SSSR count). The molecule has 0 radical (unpaired) electrons. The van der Waals surface area contributed by atoms with E-state index in [0.717, 1.165) is 12.1 Å². The minimum absolute atomic E-state index is 0.170. The smallest absolute Gasteiger partial charge is 0.339 e. The van der Waals surface area contributed by atoms with E-state index in [2.05, 4.69) is 17.2 Å². The molecule has 7 heteroatoms. The monoisotopic (exact) mass is 407 g/mol. The maximum Gasteiger partial charge on any atom is 0.339 e. The Kier molecular flexibility index (Phi) is 5.11. The molecule has 148 valence electrons. The second-order valence-electron chi connectivity index (χ2n) is 7.03. The van der Waals surface area contributed by atoms with Gasteiger partial charge in [-0.05, 0) is 67.3 Å². The zero-order valence-corrected chi connectivity index (χ0v) is 17.1. The molecular formula is C22H22ClN5O. The van der Waals surface area contributed by atoms with Gasteiger partial charge >= 0.3 is 5.69 Å². The van der Waals surface area contributed by atoms with E-state index in [1.54, 1.807) is 33.4 Å². The van der Waals surface area contributed by atoms with Crippen molar-refractivity contribution in [2.45, 2.75) is 19.8 Å². The molecule has 0 fully saturated rings. The minimum atomic E-state index is -0.258. The van der Waals surface area contributed by atoms with Crippen LogP contribution < -0.4 is 11.0 Å². The number of hydrogen-bond donors (Lipinski definition) is 2. The summed E-state index contributed by atoms with van der Waals surface area (Å²) < 4.78 is 3.14. The molecule has 3 aromatic rings. The summed E-state index contributed by atoms with van der Waals surface area (Å²) in [5.74, 6) is 0.659. The lowest BCUT2D eigenvalue weighted by Crippen LogP contribution is -2.24. The summed E-state index contributed by atoms with van der Waals surface area (Å²) in [6, 6.07) is 14.6. The van der Waals surface area contributed by atoms with Crippen LogP contribution in [0.5, 0.6) is 0 Å². The summed E-state index contributed by atoms with van der Waals surface area (Å²) in [6.45, 7) is 2.08. The molecule has 1 aliphatic rings. The van der Waals surface area contributed by atoms with Crippen molar-refractivity contribution in [2.24, 2.45) is 10.9 Å². The molecule has 0 saturated carbocycles. The van der Waals surface area contributed by atoms with Crippen LogP contribution in [0.15, 0.2) is 58.3 Å². The Morgan fingerprint density at radius 3 is 2.34 bits per heavy atom. The number of anilines is 1. The molecule has 29 heavy (non-hydrogen) atoms. The number of halogens is 1. The number of aromatic nitrogens is 2. The average Bonchev–Trinajstić information content (AvgIpc) is 2.93. The van der Waals surface area contributed by atoms with Crippen LogP contribution in [0.3, 0.4) is 0 Å². The summed E-state index contributed by atoms with van der Waals surface area (Å²) in [7, 11) is 1.85. The second-order valence-corrected chi connectivity index (χ2v) is 7.46. The summed E-state index contributed by atoms with van der Waals surface area (Å²) in [6.07, 6.45) is 3.30. The van der Waals surface area contributed by atoms with Crippen LogP contribution in [0.4, 0.5) is 11.5 Å². The van der Waals surface area contributed by atoms with Crippen molar-refractivity contribution in [1.29, 1.82) is 5.41 Å². The van der Waals surface area contributed by atoms with E-state index in [0.29, 0.717) is 40.0 Å². The SMILES string of the molecule is CCC1C=Nc2c(n(-c3ccc(Cl)cc3)c(=O)n2-c2ccc(NC)cc2)C(=N)C1. The first-order chi connectivity index (χ1) is 14.0. The molecule has 0 amide bonds. The Hall–Kier alpha value is -3.12. The van der Waals surface area contributed by atoms with Gasteiger partial charge in [-0.1, -0.05) is 18.5 Å². The topological polar surface area (TPSA) is 75.2 Å². The molecule has 2 heterocycles. The number of rotatable bonds is 4. The number of fused-ring (bicyclic) bond motifs is 1. The first kappa shape index (κ1) is 19.2. The Balaban J connectivity index is 2.00. The number of aliphatic imine (C=N–C) groups is 1. The lowest BCUT2D eigenvalue weighted by atomic mass is 10.00. The standard InChI is InChI=1S/C22H22ClN5O/c1-3-14-12-19(24)20-21(26-13-14)28(18-10-6-16(25-2)7-11-18)22(29)27(20)17-8-4-15(23)5-9-17/h4-11,13-14,24-25H,3,12H2,1-2H3. The lowest BCUT2D eigenvalue weighted by molar-refractivity contribution is 0.707. The number of nitrogens with zero attached hydrogens (tertiary/aromatic N) is 3. The molecule has 0 aliphatic carbocycles. The quantitative estimate of drug-likeness (QED) is 0.650. The Morgan fingerprint density at radius 2 is 1.72 bits per heavy atom. The third-order valence-corrected chi connectivity index (χ3v) is 5.46. The Morgan fingerprint density at radius 1 is 1.10 bits per heavy atom. The molecule has 2 N–H and O–H groups in total. The van der Waals surface area contributed by atoms with E-state index in [4.69, 9.17) is 17.0 Å². The summed E-state index contributed by atoms with van der Waals surface area (Å²) in [5.41, 5.74) is 3.00. The van der Waals surface area contributed by atoms with Crippen LogP contribution in [0, 0.1) is 11.3 Å². The van der Waals surface area contributed by atoms with Gasteiger partial charge in [-0.15, -0.1) is 0 Å². The molecule has 1 unspecified atom stereocenters. The number of imidazole rings is 1. The predicted molar refractivity (Wildman–Crippen MR) is 119 cm³/mol. The van der Waals surface area contributed by atoms with Crippen molar-refractivity contribution in [2.75, 3.05) is 12.4 Å². The van der Waals surface area contributed by atoms with E-state index >= 15 is 0 Å². The molecule has 0 saturated heterocycles. The van der Waals surface area contributed by atoms with Gasteiger partial charge in [0.25, 0.3) is 0 Å². The van der Waals surface area contributed by atoms with Gasteiger partial charge < -0.3 is 10.7 Å². The van der Waals surface area contributed by atoms with Crippen molar-refractivity contribution >= 4 is 35.0 Å². The molecule has 1 aliphatic heterocycles. The van der Waals surface area contributed by atoms with Gasteiger partial charge in [0.15, 0.2) is 5.82 Å². The molecule has 0 bridgehead atoms. The first-order valence-electron chi connectivity index (χ1n) is 9.57. The van der Waals surface area contributed by atoms with E-state index < -0.39 is 0 Å². The van der Waals surface area contributed by atoms with Crippen molar-refractivity contribution in [3.63, 3.8) is 0 Å². The average molecular weight is 408 g/mol. The molecule has 1 aromatic heterocycles. The number of hydrogen-bond acceptors (Lipinski definition) is 4. The third kappa shape index (κ3) is 3.40. The van der Waals surface area contributed by atoms with Crippen molar-refractivity contribution in [3.8, 4) is 11.4 Å². The van der Waals surface area contributed by atoms with Gasteiger partial charge in [-0.2, -0.15) is 0 Å². The summed E-state index contributed by atoms with van der Waals surface area (Å²) in [5, 5.41) is 12.4. The largest absolute Gasteiger partial charge is 0.388 e. The summed E-state index contributed by atoms with van der Waals surface area (Å²) >= 11 is 6.04. The number of nitrogens with one attached hydrogen (secondary N) is 2. The zero-order chi connectivity index (χ0) is 20.5. The molecule has 0 spiro atoms. The zero-order valence-electron chi connectivity index (χ0n) is 16.3. The van der Waals surface area contributed by atoms with Gasteiger partial charge in [0.1, 0.15) is 5.69 Å².